The average Bonchev–Trinajstić information content (AvgIpc) is 2.37. The highest BCUT2D eigenvalue weighted by Gasteiger charge is 2.43. The maximum Gasteiger partial charge on any atom is 0.142 e. The SMILES string of the molecule is CC(C)c1c(Cl)nc(C2(c3ccccc3)CCC2)nc1Cl. The zero-order valence-corrected chi connectivity index (χ0v) is 13.7. The molecule has 1 aromatic carbocycles. The van der Waals surface area contributed by atoms with Crippen molar-refractivity contribution in [1.82, 2.24) is 9.97 Å². The Balaban J connectivity index is 2.11. The molecule has 0 N–H and O–H groups in total. The van der Waals surface area contributed by atoms with Gasteiger partial charge in [-0.3, -0.25) is 0 Å². The minimum Gasteiger partial charge on any atom is -0.220 e. The molecule has 1 heterocycles. The van der Waals surface area contributed by atoms with Crippen LogP contribution in [-0.2, 0) is 5.41 Å². The van der Waals surface area contributed by atoms with E-state index >= 15 is 0 Å². The van der Waals surface area contributed by atoms with Crippen molar-refractivity contribution < 1.29 is 0 Å². The lowest BCUT2D eigenvalue weighted by Gasteiger charge is -2.41. The highest BCUT2D eigenvalue weighted by Crippen LogP contribution is 2.48. The number of hydrogen-bond acceptors (Lipinski definition) is 2. The molecule has 110 valence electrons. The Kier molecular flexibility index (Phi) is 3.94. The molecule has 4 heteroatoms. The summed E-state index contributed by atoms with van der Waals surface area (Å²) in [4.78, 5) is 9.19. The number of hydrogen-bond donors (Lipinski definition) is 0. The van der Waals surface area contributed by atoms with Gasteiger partial charge < -0.3 is 0 Å². The fraction of sp³-hybridized carbons (Fsp3) is 0.412. The van der Waals surface area contributed by atoms with Crippen molar-refractivity contribution in [3.05, 3.63) is 57.6 Å². The van der Waals surface area contributed by atoms with E-state index in [1.54, 1.807) is 0 Å². The number of rotatable bonds is 3. The van der Waals surface area contributed by atoms with Crippen molar-refractivity contribution in [2.75, 3.05) is 0 Å². The van der Waals surface area contributed by atoms with Crippen molar-refractivity contribution >= 4 is 23.2 Å². The molecule has 1 saturated carbocycles. The van der Waals surface area contributed by atoms with Crippen LogP contribution >= 0.6 is 23.2 Å². The standard InChI is InChI=1S/C17H18Cl2N2/c1-11(2)13-14(18)20-16(21-15(13)19)17(9-6-10-17)12-7-4-3-5-8-12/h3-5,7-8,11H,6,9-10H2,1-2H3. The molecule has 21 heavy (non-hydrogen) atoms. The van der Waals surface area contributed by atoms with Gasteiger partial charge in [0.2, 0.25) is 0 Å². The van der Waals surface area contributed by atoms with Gasteiger partial charge in [0.05, 0.1) is 5.41 Å². The number of benzene rings is 1. The third-order valence-electron chi connectivity index (χ3n) is 4.39. The zero-order chi connectivity index (χ0) is 15.0. The number of nitrogens with zero attached hydrogens (tertiary/aromatic N) is 2. The van der Waals surface area contributed by atoms with Gasteiger partial charge in [0.15, 0.2) is 0 Å². The maximum absolute atomic E-state index is 6.37. The van der Waals surface area contributed by atoms with Crippen LogP contribution in [0.4, 0.5) is 0 Å². The third-order valence-corrected chi connectivity index (χ3v) is 4.97. The van der Waals surface area contributed by atoms with Gasteiger partial charge in [-0.25, -0.2) is 9.97 Å². The first-order valence-electron chi connectivity index (χ1n) is 7.33. The van der Waals surface area contributed by atoms with E-state index in [4.69, 9.17) is 23.2 Å². The van der Waals surface area contributed by atoms with Crippen LogP contribution in [0.15, 0.2) is 30.3 Å². The highest BCUT2D eigenvalue weighted by atomic mass is 35.5. The molecule has 0 aliphatic heterocycles. The van der Waals surface area contributed by atoms with Crippen molar-refractivity contribution in [2.45, 2.75) is 44.4 Å². The van der Waals surface area contributed by atoms with E-state index in [1.807, 2.05) is 19.9 Å². The highest BCUT2D eigenvalue weighted by molar-refractivity contribution is 6.34. The summed E-state index contributed by atoms with van der Waals surface area (Å²) in [5, 5.41) is 0.976. The summed E-state index contributed by atoms with van der Waals surface area (Å²) in [6.45, 7) is 4.10. The third kappa shape index (κ3) is 2.45. The second-order valence-corrected chi connectivity index (χ2v) is 6.71. The molecule has 1 fully saturated rings. The second kappa shape index (κ2) is 5.58. The second-order valence-electron chi connectivity index (χ2n) is 6.00. The number of aromatic nitrogens is 2. The van der Waals surface area contributed by atoms with Gasteiger partial charge in [0, 0.05) is 5.56 Å². The van der Waals surface area contributed by atoms with E-state index in [0.717, 1.165) is 24.2 Å². The van der Waals surface area contributed by atoms with Crippen LogP contribution in [0.2, 0.25) is 10.3 Å². The first-order valence-corrected chi connectivity index (χ1v) is 8.09. The molecule has 1 aliphatic rings. The summed E-state index contributed by atoms with van der Waals surface area (Å²) in [7, 11) is 0. The van der Waals surface area contributed by atoms with Gasteiger partial charge in [-0.2, -0.15) is 0 Å². The lowest BCUT2D eigenvalue weighted by Crippen LogP contribution is -2.37. The monoisotopic (exact) mass is 320 g/mol. The predicted octanol–water partition coefficient (Wildman–Crippen LogP) is 5.38. The summed E-state index contributed by atoms with van der Waals surface area (Å²) in [5.41, 5.74) is 1.97. The van der Waals surface area contributed by atoms with Gasteiger partial charge in [-0.05, 0) is 24.3 Å². The minimum atomic E-state index is -0.121. The van der Waals surface area contributed by atoms with Crippen LogP contribution in [0.1, 0.15) is 56.0 Å². The largest absolute Gasteiger partial charge is 0.220 e. The lowest BCUT2D eigenvalue weighted by molar-refractivity contribution is 0.285. The summed E-state index contributed by atoms with van der Waals surface area (Å²) in [6.07, 6.45) is 3.27. The summed E-state index contributed by atoms with van der Waals surface area (Å²) >= 11 is 12.7. The Labute approximate surface area is 135 Å². The van der Waals surface area contributed by atoms with Gasteiger partial charge in [-0.15, -0.1) is 0 Å². The smallest absolute Gasteiger partial charge is 0.142 e. The Morgan fingerprint density at radius 3 is 2.00 bits per heavy atom. The maximum atomic E-state index is 6.37. The van der Waals surface area contributed by atoms with Crippen LogP contribution < -0.4 is 0 Å². The fourth-order valence-corrected chi connectivity index (χ4v) is 3.86. The van der Waals surface area contributed by atoms with E-state index in [9.17, 15) is 0 Å². The Bertz CT molecular complexity index is 626. The normalized spacial score (nSPS) is 16.8. The van der Waals surface area contributed by atoms with E-state index in [2.05, 4.69) is 34.2 Å². The molecule has 2 nitrogen and oxygen atoms in total. The predicted molar refractivity (Wildman–Crippen MR) is 87.2 cm³/mol. The van der Waals surface area contributed by atoms with Crippen LogP contribution in [0.3, 0.4) is 0 Å². The fourth-order valence-electron chi connectivity index (χ4n) is 3.04. The average molecular weight is 321 g/mol. The van der Waals surface area contributed by atoms with Crippen molar-refractivity contribution in [3.8, 4) is 0 Å². The molecule has 0 amide bonds. The molecule has 0 atom stereocenters. The molecule has 0 bridgehead atoms. The Morgan fingerprint density at radius 1 is 1.00 bits per heavy atom. The molecule has 0 radical (unpaired) electrons. The molecule has 0 unspecified atom stereocenters. The molecule has 1 aliphatic carbocycles. The first kappa shape index (κ1) is 14.8. The van der Waals surface area contributed by atoms with Crippen LogP contribution in [-0.4, -0.2) is 9.97 Å². The summed E-state index contributed by atoms with van der Waals surface area (Å²) in [5.74, 6) is 0.979. The van der Waals surface area contributed by atoms with Crippen molar-refractivity contribution in [3.63, 3.8) is 0 Å². The Morgan fingerprint density at radius 2 is 1.57 bits per heavy atom. The molecule has 2 aromatic rings. The Hall–Kier alpha value is -1.12. The molecular weight excluding hydrogens is 303 g/mol. The molecule has 1 aromatic heterocycles. The van der Waals surface area contributed by atoms with E-state index in [1.165, 1.54) is 12.0 Å². The van der Waals surface area contributed by atoms with Crippen LogP contribution in [0.5, 0.6) is 0 Å². The van der Waals surface area contributed by atoms with Gasteiger partial charge in [0.1, 0.15) is 16.1 Å². The number of halogens is 2. The van der Waals surface area contributed by atoms with E-state index in [0.29, 0.717) is 10.3 Å². The van der Waals surface area contributed by atoms with Gasteiger partial charge >= 0.3 is 0 Å². The van der Waals surface area contributed by atoms with Gasteiger partial charge in [-0.1, -0.05) is 73.8 Å². The zero-order valence-electron chi connectivity index (χ0n) is 12.2. The molecule has 3 rings (SSSR count). The summed E-state index contributed by atoms with van der Waals surface area (Å²) < 4.78 is 0. The topological polar surface area (TPSA) is 25.8 Å². The lowest BCUT2D eigenvalue weighted by atomic mass is 9.64. The molecular formula is C17H18Cl2N2. The quantitative estimate of drug-likeness (QED) is 0.710. The van der Waals surface area contributed by atoms with Crippen LogP contribution in [0, 0.1) is 0 Å². The molecule has 0 saturated heterocycles. The summed E-state index contributed by atoms with van der Waals surface area (Å²) in [6, 6.07) is 10.4. The van der Waals surface area contributed by atoms with Crippen molar-refractivity contribution in [1.29, 1.82) is 0 Å². The van der Waals surface area contributed by atoms with Crippen molar-refractivity contribution in [2.24, 2.45) is 0 Å². The minimum absolute atomic E-state index is 0.121. The van der Waals surface area contributed by atoms with E-state index < -0.39 is 0 Å². The van der Waals surface area contributed by atoms with Crippen LogP contribution in [0.25, 0.3) is 0 Å². The van der Waals surface area contributed by atoms with Gasteiger partial charge in [0.25, 0.3) is 0 Å². The van der Waals surface area contributed by atoms with E-state index in [-0.39, 0.29) is 11.3 Å². The molecule has 0 spiro atoms. The first-order chi connectivity index (χ1) is 10.0.